The largest absolute Gasteiger partial charge is 0.235 e. The predicted octanol–water partition coefficient (Wildman–Crippen LogP) is 8.82. The lowest BCUT2D eigenvalue weighted by Crippen LogP contribution is -2.01. The lowest BCUT2D eigenvalue weighted by Gasteiger charge is -2.12. The van der Waals surface area contributed by atoms with E-state index in [9.17, 15) is 0 Å². The summed E-state index contributed by atoms with van der Waals surface area (Å²) < 4.78 is 1.15. The third-order valence-corrected chi connectivity index (χ3v) is 7.67. The van der Waals surface area contributed by atoms with Crippen LogP contribution in [0.3, 0.4) is 0 Å². The molecule has 0 bridgehead atoms. The van der Waals surface area contributed by atoms with Gasteiger partial charge in [-0.2, -0.15) is 0 Å². The monoisotopic (exact) mass is 518 g/mol. The highest BCUT2D eigenvalue weighted by Gasteiger charge is 2.18. The van der Waals surface area contributed by atoms with Crippen molar-refractivity contribution in [3.63, 3.8) is 0 Å². The Labute approximate surface area is 230 Å². The van der Waals surface area contributed by atoms with Crippen LogP contribution < -0.4 is 0 Å². The van der Waals surface area contributed by atoms with Gasteiger partial charge in [0, 0.05) is 27.8 Å². The molecule has 0 radical (unpaired) electrons. The lowest BCUT2D eigenvalue weighted by atomic mass is 9.98. The van der Waals surface area contributed by atoms with Gasteiger partial charge in [-0.15, -0.1) is 11.3 Å². The first-order valence-electron chi connectivity index (χ1n) is 12.8. The summed E-state index contributed by atoms with van der Waals surface area (Å²) in [5.74, 6) is 1.92. The van der Waals surface area contributed by atoms with E-state index < -0.39 is 0 Å². The Morgan fingerprint density at radius 1 is 0.359 bits per heavy atom. The molecule has 0 atom stereocenters. The van der Waals surface area contributed by atoms with Crippen molar-refractivity contribution in [1.82, 2.24) is 19.9 Å². The van der Waals surface area contributed by atoms with Crippen LogP contribution in [0.1, 0.15) is 0 Å². The van der Waals surface area contributed by atoms with Gasteiger partial charge in [-0.05, 0) is 11.6 Å². The number of aromatic nitrogens is 4. The van der Waals surface area contributed by atoms with Crippen LogP contribution in [0.15, 0.2) is 133 Å². The second kappa shape index (κ2) is 10.0. The standard InChI is InChI=1S/C34H22N4S/c1-4-13-23(14-5-1)31-36-32(24-15-6-2-7-16-24)38-33(37-31)28-20-11-10-19-26(28)27-21-12-22-29-30(27)35-34(39-29)25-17-8-3-9-18-25/h1-22H. The van der Waals surface area contributed by atoms with Gasteiger partial charge in [-0.1, -0.05) is 127 Å². The van der Waals surface area contributed by atoms with Crippen LogP contribution in [-0.2, 0) is 0 Å². The summed E-state index contributed by atoms with van der Waals surface area (Å²) >= 11 is 1.71. The molecule has 5 aromatic carbocycles. The van der Waals surface area contributed by atoms with Crippen LogP contribution in [0.4, 0.5) is 0 Å². The molecule has 0 amide bonds. The number of nitrogens with zero attached hydrogens (tertiary/aromatic N) is 4. The SMILES string of the molecule is c1ccc(-c2nc(-c3ccccc3)nc(-c3ccccc3-c3cccc4sc(-c5ccccc5)nc34)n2)cc1. The molecule has 4 nitrogen and oxygen atoms in total. The lowest BCUT2D eigenvalue weighted by molar-refractivity contribution is 1.07. The number of benzene rings is 5. The van der Waals surface area contributed by atoms with E-state index in [1.54, 1.807) is 11.3 Å². The Morgan fingerprint density at radius 2 is 0.846 bits per heavy atom. The van der Waals surface area contributed by atoms with Gasteiger partial charge in [0.2, 0.25) is 0 Å². The summed E-state index contributed by atoms with van der Waals surface area (Å²) in [6.07, 6.45) is 0. The van der Waals surface area contributed by atoms with Gasteiger partial charge in [0.05, 0.1) is 10.2 Å². The van der Waals surface area contributed by atoms with Gasteiger partial charge in [0.25, 0.3) is 0 Å². The maximum Gasteiger partial charge on any atom is 0.164 e. The predicted molar refractivity (Wildman–Crippen MR) is 160 cm³/mol. The second-order valence-corrected chi connectivity index (χ2v) is 10.2. The van der Waals surface area contributed by atoms with Crippen molar-refractivity contribution in [3.05, 3.63) is 133 Å². The van der Waals surface area contributed by atoms with Gasteiger partial charge in [-0.3, -0.25) is 0 Å². The molecule has 0 saturated carbocycles. The summed E-state index contributed by atoms with van der Waals surface area (Å²) in [6.45, 7) is 0. The molecule has 0 aliphatic heterocycles. The fourth-order valence-electron chi connectivity index (χ4n) is 4.71. The molecular weight excluding hydrogens is 496 g/mol. The summed E-state index contributed by atoms with van der Waals surface area (Å²) in [4.78, 5) is 19.9. The molecule has 0 aliphatic carbocycles. The van der Waals surface area contributed by atoms with Crippen molar-refractivity contribution < 1.29 is 0 Å². The minimum Gasteiger partial charge on any atom is -0.235 e. The maximum absolute atomic E-state index is 5.09. The maximum atomic E-state index is 5.09. The molecule has 0 aliphatic rings. The molecule has 0 N–H and O–H groups in total. The molecule has 2 aromatic heterocycles. The van der Waals surface area contributed by atoms with E-state index in [0.717, 1.165) is 48.6 Å². The molecule has 0 spiro atoms. The van der Waals surface area contributed by atoms with Gasteiger partial charge in [0.15, 0.2) is 17.5 Å². The second-order valence-electron chi connectivity index (χ2n) is 9.12. The summed E-state index contributed by atoms with van der Waals surface area (Å²) in [5.41, 5.74) is 7.04. The first-order chi connectivity index (χ1) is 19.3. The zero-order valence-electron chi connectivity index (χ0n) is 20.9. The van der Waals surface area contributed by atoms with E-state index in [1.807, 2.05) is 84.9 Å². The number of para-hydroxylation sites is 1. The van der Waals surface area contributed by atoms with Crippen molar-refractivity contribution in [1.29, 1.82) is 0 Å². The van der Waals surface area contributed by atoms with Gasteiger partial charge in [0.1, 0.15) is 5.01 Å². The Bertz CT molecular complexity index is 1840. The van der Waals surface area contributed by atoms with Crippen LogP contribution in [0, 0.1) is 0 Å². The van der Waals surface area contributed by atoms with E-state index in [-0.39, 0.29) is 0 Å². The Hall–Kier alpha value is -5.00. The van der Waals surface area contributed by atoms with E-state index >= 15 is 0 Å². The first-order valence-corrected chi connectivity index (χ1v) is 13.6. The van der Waals surface area contributed by atoms with Crippen molar-refractivity contribution in [2.75, 3.05) is 0 Å². The Morgan fingerprint density at radius 3 is 1.46 bits per heavy atom. The fraction of sp³-hybridized carbons (Fsp3) is 0. The highest BCUT2D eigenvalue weighted by Crippen LogP contribution is 2.39. The Balaban J connectivity index is 1.43. The quantitative estimate of drug-likeness (QED) is 0.228. The van der Waals surface area contributed by atoms with Gasteiger partial charge < -0.3 is 0 Å². The van der Waals surface area contributed by atoms with Crippen LogP contribution in [0.5, 0.6) is 0 Å². The molecule has 0 saturated heterocycles. The van der Waals surface area contributed by atoms with Crippen molar-refractivity contribution >= 4 is 21.6 Å². The molecule has 0 fully saturated rings. The first kappa shape index (κ1) is 23.1. The number of thiazole rings is 1. The average Bonchev–Trinajstić information content (AvgIpc) is 3.47. The van der Waals surface area contributed by atoms with Crippen LogP contribution in [-0.4, -0.2) is 19.9 Å². The minimum atomic E-state index is 0.633. The van der Waals surface area contributed by atoms with E-state index in [1.165, 1.54) is 0 Å². The smallest absolute Gasteiger partial charge is 0.164 e. The molecule has 5 heteroatoms. The molecular formula is C34H22N4S. The number of hydrogen-bond donors (Lipinski definition) is 0. The molecule has 2 heterocycles. The molecule has 0 unspecified atom stereocenters. The molecule has 39 heavy (non-hydrogen) atoms. The van der Waals surface area contributed by atoms with Crippen LogP contribution >= 0.6 is 11.3 Å². The number of hydrogen-bond acceptors (Lipinski definition) is 5. The third-order valence-electron chi connectivity index (χ3n) is 6.60. The normalized spacial score (nSPS) is 11.1. The average molecular weight is 519 g/mol. The number of rotatable bonds is 5. The summed E-state index contributed by atoms with van der Waals surface area (Å²) in [5, 5.41) is 1.01. The van der Waals surface area contributed by atoms with E-state index in [2.05, 4.69) is 48.5 Å². The van der Waals surface area contributed by atoms with Crippen molar-refractivity contribution in [3.8, 4) is 55.9 Å². The molecule has 7 aromatic rings. The Kier molecular flexibility index (Phi) is 5.96. The van der Waals surface area contributed by atoms with E-state index in [4.69, 9.17) is 19.9 Å². The topological polar surface area (TPSA) is 51.6 Å². The zero-order chi connectivity index (χ0) is 26.0. The summed E-state index contributed by atoms with van der Waals surface area (Å²) in [7, 11) is 0. The summed E-state index contributed by atoms with van der Waals surface area (Å²) in [6, 6.07) is 45.1. The van der Waals surface area contributed by atoms with Gasteiger partial charge in [-0.25, -0.2) is 19.9 Å². The highest BCUT2D eigenvalue weighted by atomic mass is 32.1. The highest BCUT2D eigenvalue weighted by molar-refractivity contribution is 7.21. The van der Waals surface area contributed by atoms with Crippen LogP contribution in [0.25, 0.3) is 66.1 Å². The van der Waals surface area contributed by atoms with Crippen LogP contribution in [0.2, 0.25) is 0 Å². The number of fused-ring (bicyclic) bond motifs is 1. The third kappa shape index (κ3) is 4.49. The fourth-order valence-corrected chi connectivity index (χ4v) is 5.71. The van der Waals surface area contributed by atoms with Gasteiger partial charge >= 0.3 is 0 Å². The van der Waals surface area contributed by atoms with Crippen molar-refractivity contribution in [2.45, 2.75) is 0 Å². The molecule has 184 valence electrons. The minimum absolute atomic E-state index is 0.633. The van der Waals surface area contributed by atoms with E-state index in [0.29, 0.717) is 17.5 Å². The zero-order valence-corrected chi connectivity index (χ0v) is 21.7. The van der Waals surface area contributed by atoms with Crippen molar-refractivity contribution in [2.24, 2.45) is 0 Å². The molecule has 7 rings (SSSR count).